The molecule has 2 heterocycles. The highest BCUT2D eigenvalue weighted by atomic mass is 19.4. The molecule has 3 nitrogen and oxygen atoms in total. The van der Waals surface area contributed by atoms with E-state index in [9.17, 15) is 13.2 Å². The van der Waals surface area contributed by atoms with E-state index in [2.05, 4.69) is 9.72 Å². The van der Waals surface area contributed by atoms with Crippen molar-refractivity contribution in [1.29, 1.82) is 0 Å². The third kappa shape index (κ3) is 3.85. The molecule has 0 spiro atoms. The van der Waals surface area contributed by atoms with Gasteiger partial charge in [-0.15, -0.1) is 13.2 Å². The molecule has 0 radical (unpaired) electrons. The Kier molecular flexibility index (Phi) is 3.97. The zero-order chi connectivity index (χ0) is 16.3. The van der Waals surface area contributed by atoms with Crippen molar-refractivity contribution in [3.63, 3.8) is 0 Å². The highest BCUT2D eigenvalue weighted by molar-refractivity contribution is 5.61. The number of hydrogen-bond donors (Lipinski definition) is 0. The molecule has 116 valence electrons. The first-order chi connectivity index (χ1) is 11.0. The lowest BCUT2D eigenvalue weighted by atomic mass is 10.1. The molecule has 6 heteroatoms. The van der Waals surface area contributed by atoms with Crippen LogP contribution < -0.4 is 9.30 Å². The molecule has 3 rings (SSSR count). The quantitative estimate of drug-likeness (QED) is 0.684. The molecule has 0 aliphatic carbocycles. The van der Waals surface area contributed by atoms with Crippen LogP contribution in [0.3, 0.4) is 0 Å². The summed E-state index contributed by atoms with van der Waals surface area (Å²) in [6, 6.07) is 13.4. The molecule has 0 unspecified atom stereocenters. The van der Waals surface area contributed by atoms with E-state index in [1.165, 1.54) is 12.1 Å². The van der Waals surface area contributed by atoms with Gasteiger partial charge < -0.3 is 4.74 Å². The van der Waals surface area contributed by atoms with Gasteiger partial charge in [0.05, 0.1) is 0 Å². The molecule has 0 bridgehead atoms. The van der Waals surface area contributed by atoms with E-state index in [1.807, 2.05) is 41.2 Å². The Balaban J connectivity index is 1.80. The van der Waals surface area contributed by atoms with Gasteiger partial charge in [0.25, 0.3) is 0 Å². The van der Waals surface area contributed by atoms with Gasteiger partial charge in [-0.2, -0.15) is 4.57 Å². The first-order valence-corrected chi connectivity index (χ1v) is 6.79. The Hall–Kier alpha value is -2.89. The third-order valence-corrected chi connectivity index (χ3v) is 3.21. The summed E-state index contributed by atoms with van der Waals surface area (Å²) in [6.07, 6.45) is 2.44. The summed E-state index contributed by atoms with van der Waals surface area (Å²) in [5, 5.41) is 0. The van der Waals surface area contributed by atoms with E-state index in [4.69, 9.17) is 0 Å². The molecule has 1 aromatic carbocycles. The Labute approximate surface area is 130 Å². The summed E-state index contributed by atoms with van der Waals surface area (Å²) in [5.74, 6) is -0.241. The number of benzene rings is 1. The maximum Gasteiger partial charge on any atom is 0.573 e. The van der Waals surface area contributed by atoms with E-state index < -0.39 is 6.36 Å². The molecule has 0 saturated carbocycles. The van der Waals surface area contributed by atoms with Crippen LogP contribution in [0.4, 0.5) is 13.2 Å². The van der Waals surface area contributed by atoms with Crippen LogP contribution in [-0.4, -0.2) is 11.3 Å². The number of halogens is 3. The van der Waals surface area contributed by atoms with Gasteiger partial charge in [0.15, 0.2) is 12.4 Å². The summed E-state index contributed by atoms with van der Waals surface area (Å²) < 4.78 is 42.1. The number of rotatable bonds is 3. The molecule has 0 amide bonds. The zero-order valence-corrected chi connectivity index (χ0v) is 11.9. The van der Waals surface area contributed by atoms with Crippen LogP contribution in [-0.2, 0) is 0 Å². The lowest BCUT2D eigenvalue weighted by Gasteiger charge is -2.08. The van der Waals surface area contributed by atoms with Crippen molar-refractivity contribution in [3.05, 3.63) is 73.3 Å². The maximum absolute atomic E-state index is 12.1. The van der Waals surface area contributed by atoms with Crippen LogP contribution in [0.2, 0.25) is 0 Å². The molecule has 0 fully saturated rings. The summed E-state index contributed by atoms with van der Waals surface area (Å²) >= 11 is 0. The van der Waals surface area contributed by atoms with Gasteiger partial charge >= 0.3 is 6.36 Å². The fraction of sp³-hybridized carbons (Fsp3) is 0.0588. The summed E-state index contributed by atoms with van der Waals surface area (Å²) in [4.78, 5) is 3.97. The number of pyridine rings is 2. The predicted molar refractivity (Wildman–Crippen MR) is 77.9 cm³/mol. The second-order valence-corrected chi connectivity index (χ2v) is 4.77. The first kappa shape index (κ1) is 15.0. The average Bonchev–Trinajstić information content (AvgIpc) is 2.55. The lowest BCUT2D eigenvalue weighted by Crippen LogP contribution is -2.29. The molecular weight excluding hydrogens is 305 g/mol. The molecular formula is C17H12F3N2O+. The highest BCUT2D eigenvalue weighted by Crippen LogP contribution is 2.23. The topological polar surface area (TPSA) is 26.0 Å². The number of ether oxygens (including phenoxy) is 1. The Bertz CT molecular complexity index is 770. The van der Waals surface area contributed by atoms with E-state index in [1.54, 1.807) is 24.5 Å². The summed E-state index contributed by atoms with van der Waals surface area (Å²) in [6.45, 7) is 0. The maximum atomic E-state index is 12.1. The van der Waals surface area contributed by atoms with Crippen LogP contribution in [0.15, 0.2) is 73.3 Å². The number of alkyl halides is 3. The van der Waals surface area contributed by atoms with Crippen molar-refractivity contribution in [1.82, 2.24) is 4.98 Å². The van der Waals surface area contributed by atoms with E-state index >= 15 is 0 Å². The molecule has 0 aliphatic rings. The van der Waals surface area contributed by atoms with E-state index in [0.717, 1.165) is 16.8 Å². The fourth-order valence-electron chi connectivity index (χ4n) is 2.16. The van der Waals surface area contributed by atoms with E-state index in [0.29, 0.717) is 0 Å². The Morgan fingerprint density at radius 3 is 1.91 bits per heavy atom. The van der Waals surface area contributed by atoms with Crippen molar-refractivity contribution < 1.29 is 22.5 Å². The standard InChI is InChI=1S/C17H12F3N2O/c18-17(19,20)23-16-3-1-15(2-4-16)22-11-7-14(8-12-22)13-5-9-21-10-6-13/h1-12H/q+1. The molecule has 0 N–H and O–H groups in total. The Morgan fingerprint density at radius 1 is 0.783 bits per heavy atom. The number of hydrogen-bond acceptors (Lipinski definition) is 2. The minimum absolute atomic E-state index is 0.241. The Morgan fingerprint density at radius 2 is 1.35 bits per heavy atom. The van der Waals surface area contributed by atoms with Crippen LogP contribution in [0.25, 0.3) is 16.8 Å². The second kappa shape index (κ2) is 6.08. The van der Waals surface area contributed by atoms with Crippen molar-refractivity contribution in [2.24, 2.45) is 0 Å². The van der Waals surface area contributed by atoms with Gasteiger partial charge in [-0.25, -0.2) is 0 Å². The molecule has 3 aromatic rings. The summed E-state index contributed by atoms with van der Waals surface area (Å²) in [7, 11) is 0. The number of aromatic nitrogens is 2. The van der Waals surface area contributed by atoms with Crippen molar-refractivity contribution in [3.8, 4) is 22.6 Å². The van der Waals surface area contributed by atoms with Gasteiger partial charge in [-0.05, 0) is 35.4 Å². The minimum Gasteiger partial charge on any atom is -0.406 e. The van der Waals surface area contributed by atoms with Crippen molar-refractivity contribution in [2.75, 3.05) is 0 Å². The SMILES string of the molecule is FC(F)(F)Oc1ccc(-[n+]2ccc(-c3ccncc3)cc2)cc1. The van der Waals surface area contributed by atoms with Crippen LogP contribution in [0, 0.1) is 0 Å². The monoisotopic (exact) mass is 317 g/mol. The molecule has 23 heavy (non-hydrogen) atoms. The average molecular weight is 317 g/mol. The van der Waals surface area contributed by atoms with Gasteiger partial charge in [-0.3, -0.25) is 4.98 Å². The van der Waals surface area contributed by atoms with Crippen molar-refractivity contribution in [2.45, 2.75) is 6.36 Å². The van der Waals surface area contributed by atoms with Crippen LogP contribution in [0.5, 0.6) is 5.75 Å². The van der Waals surface area contributed by atoms with Gasteiger partial charge in [0, 0.05) is 36.7 Å². The summed E-state index contributed by atoms with van der Waals surface area (Å²) in [5.41, 5.74) is 2.81. The predicted octanol–water partition coefficient (Wildman–Crippen LogP) is 3.92. The van der Waals surface area contributed by atoms with Gasteiger partial charge in [0.2, 0.25) is 5.69 Å². The fourth-order valence-corrected chi connectivity index (χ4v) is 2.16. The normalized spacial score (nSPS) is 11.3. The van der Waals surface area contributed by atoms with Gasteiger partial charge in [0.1, 0.15) is 5.75 Å². The van der Waals surface area contributed by atoms with Gasteiger partial charge in [-0.1, -0.05) is 0 Å². The molecule has 0 aliphatic heterocycles. The zero-order valence-electron chi connectivity index (χ0n) is 11.9. The van der Waals surface area contributed by atoms with Crippen LogP contribution >= 0.6 is 0 Å². The molecule has 0 saturated heterocycles. The van der Waals surface area contributed by atoms with E-state index in [-0.39, 0.29) is 5.75 Å². The second-order valence-electron chi connectivity index (χ2n) is 4.77. The number of nitrogens with zero attached hydrogens (tertiary/aromatic N) is 2. The largest absolute Gasteiger partial charge is 0.573 e. The minimum atomic E-state index is -4.68. The molecule has 2 aromatic heterocycles. The molecule has 0 atom stereocenters. The van der Waals surface area contributed by atoms with Crippen LogP contribution in [0.1, 0.15) is 0 Å². The van der Waals surface area contributed by atoms with Crippen molar-refractivity contribution >= 4 is 0 Å². The highest BCUT2D eigenvalue weighted by Gasteiger charge is 2.31. The lowest BCUT2D eigenvalue weighted by molar-refractivity contribution is -0.595. The first-order valence-electron chi connectivity index (χ1n) is 6.79. The third-order valence-electron chi connectivity index (χ3n) is 3.21. The smallest absolute Gasteiger partial charge is 0.406 e.